The summed E-state index contributed by atoms with van der Waals surface area (Å²) in [6.07, 6.45) is 0. The third kappa shape index (κ3) is 2.82. The van der Waals surface area contributed by atoms with E-state index in [9.17, 15) is 8.42 Å². The maximum absolute atomic E-state index is 12.4. The molecule has 0 fully saturated rings. The smallest absolute Gasteiger partial charge is 0.261 e. The van der Waals surface area contributed by atoms with Gasteiger partial charge in [0.15, 0.2) is 0 Å². The number of hydrogen-bond donors (Lipinski definition) is 2. The first-order chi connectivity index (χ1) is 9.54. The predicted octanol–water partition coefficient (Wildman–Crippen LogP) is 2.70. The van der Waals surface area contributed by atoms with Gasteiger partial charge in [-0.05, 0) is 64.0 Å². The van der Waals surface area contributed by atoms with E-state index in [-0.39, 0.29) is 0 Å². The molecule has 0 aliphatic carbocycles. The Labute approximate surface area is 131 Å². The number of fused-ring (bicyclic) bond motifs is 1. The molecule has 0 atom stereocenters. The number of sulfonamides is 1. The molecule has 4 nitrogen and oxygen atoms in total. The Hall–Kier alpha value is -1.12. The standard InChI is InChI=1S/C14H13IN2O2S/c15-12-2-1-3-13(7-12)17-20(18,19)14-5-4-10-8-16-9-11(10)6-14/h1-7,16-17H,8-9H2. The lowest BCUT2D eigenvalue weighted by atomic mass is 10.1. The minimum absolute atomic E-state index is 0.304. The van der Waals surface area contributed by atoms with Crippen molar-refractivity contribution in [1.29, 1.82) is 0 Å². The van der Waals surface area contributed by atoms with Crippen LogP contribution >= 0.6 is 22.6 Å². The Morgan fingerprint density at radius 3 is 2.65 bits per heavy atom. The summed E-state index contributed by atoms with van der Waals surface area (Å²) < 4.78 is 28.4. The highest BCUT2D eigenvalue weighted by Crippen LogP contribution is 2.22. The maximum atomic E-state index is 12.4. The van der Waals surface area contributed by atoms with Crippen LogP contribution in [0.5, 0.6) is 0 Å². The fourth-order valence-corrected chi connectivity index (χ4v) is 3.85. The van der Waals surface area contributed by atoms with Crippen molar-refractivity contribution >= 4 is 38.3 Å². The molecule has 20 heavy (non-hydrogen) atoms. The van der Waals surface area contributed by atoms with Gasteiger partial charge in [-0.25, -0.2) is 8.42 Å². The molecule has 0 amide bonds. The summed E-state index contributed by atoms with van der Waals surface area (Å²) in [7, 11) is -3.53. The molecule has 0 aromatic heterocycles. The van der Waals surface area contributed by atoms with Crippen LogP contribution in [0.2, 0.25) is 0 Å². The van der Waals surface area contributed by atoms with Crippen LogP contribution in [0.4, 0.5) is 5.69 Å². The van der Waals surface area contributed by atoms with E-state index >= 15 is 0 Å². The van der Waals surface area contributed by atoms with Crippen molar-refractivity contribution in [2.45, 2.75) is 18.0 Å². The molecule has 0 bridgehead atoms. The van der Waals surface area contributed by atoms with Crippen molar-refractivity contribution in [1.82, 2.24) is 5.32 Å². The van der Waals surface area contributed by atoms with Crippen LogP contribution in [-0.4, -0.2) is 8.42 Å². The molecular formula is C14H13IN2O2S. The fourth-order valence-electron chi connectivity index (χ4n) is 2.20. The van der Waals surface area contributed by atoms with Gasteiger partial charge in [0, 0.05) is 22.3 Å². The largest absolute Gasteiger partial charge is 0.309 e. The summed E-state index contributed by atoms with van der Waals surface area (Å²) in [6, 6.07) is 12.6. The highest BCUT2D eigenvalue weighted by atomic mass is 127. The van der Waals surface area contributed by atoms with Gasteiger partial charge in [-0.1, -0.05) is 12.1 Å². The normalized spacial score (nSPS) is 14.1. The number of benzene rings is 2. The van der Waals surface area contributed by atoms with E-state index in [1.54, 1.807) is 24.3 Å². The van der Waals surface area contributed by atoms with E-state index < -0.39 is 10.0 Å². The summed E-state index contributed by atoms with van der Waals surface area (Å²) >= 11 is 2.15. The molecule has 1 aliphatic rings. The van der Waals surface area contributed by atoms with E-state index in [0.29, 0.717) is 10.6 Å². The molecule has 2 N–H and O–H groups in total. The first kappa shape index (κ1) is 13.8. The summed E-state index contributed by atoms with van der Waals surface area (Å²) in [6.45, 7) is 1.53. The monoisotopic (exact) mass is 400 g/mol. The molecular weight excluding hydrogens is 387 g/mol. The molecule has 0 radical (unpaired) electrons. The van der Waals surface area contributed by atoms with Crippen LogP contribution in [0.1, 0.15) is 11.1 Å². The van der Waals surface area contributed by atoms with E-state index in [2.05, 4.69) is 32.6 Å². The summed E-state index contributed by atoms with van der Waals surface area (Å²) in [5.74, 6) is 0. The second-order valence-electron chi connectivity index (χ2n) is 4.65. The fraction of sp³-hybridized carbons (Fsp3) is 0.143. The number of nitrogens with one attached hydrogen (secondary N) is 2. The zero-order valence-corrected chi connectivity index (χ0v) is 13.5. The van der Waals surface area contributed by atoms with E-state index in [1.165, 1.54) is 5.56 Å². The molecule has 0 saturated heterocycles. The first-order valence-corrected chi connectivity index (χ1v) is 8.72. The number of halogens is 1. The summed E-state index contributed by atoms with van der Waals surface area (Å²) in [5.41, 5.74) is 2.80. The minimum atomic E-state index is -3.53. The van der Waals surface area contributed by atoms with Crippen LogP contribution in [0.25, 0.3) is 0 Å². The lowest BCUT2D eigenvalue weighted by molar-refractivity contribution is 0.601. The van der Waals surface area contributed by atoms with Gasteiger partial charge < -0.3 is 5.32 Å². The summed E-state index contributed by atoms with van der Waals surface area (Å²) in [4.78, 5) is 0.304. The quantitative estimate of drug-likeness (QED) is 0.780. The Kier molecular flexibility index (Phi) is 3.70. The first-order valence-electron chi connectivity index (χ1n) is 6.15. The second kappa shape index (κ2) is 5.34. The van der Waals surface area contributed by atoms with Gasteiger partial charge in [0.05, 0.1) is 4.90 Å². The average Bonchev–Trinajstić information content (AvgIpc) is 2.85. The molecule has 0 unspecified atom stereocenters. The van der Waals surface area contributed by atoms with Crippen LogP contribution < -0.4 is 10.0 Å². The van der Waals surface area contributed by atoms with Gasteiger partial charge in [0.25, 0.3) is 10.0 Å². The van der Waals surface area contributed by atoms with Crippen molar-refractivity contribution in [3.05, 3.63) is 57.2 Å². The lowest BCUT2D eigenvalue weighted by Crippen LogP contribution is -2.13. The second-order valence-corrected chi connectivity index (χ2v) is 7.58. The van der Waals surface area contributed by atoms with E-state index in [4.69, 9.17) is 0 Å². The molecule has 3 rings (SSSR count). The van der Waals surface area contributed by atoms with Gasteiger partial charge in [-0.3, -0.25) is 4.72 Å². The van der Waals surface area contributed by atoms with Crippen molar-refractivity contribution in [2.24, 2.45) is 0 Å². The Balaban J connectivity index is 1.92. The van der Waals surface area contributed by atoms with E-state index in [1.807, 2.05) is 18.2 Å². The van der Waals surface area contributed by atoms with Gasteiger partial charge >= 0.3 is 0 Å². The van der Waals surface area contributed by atoms with Gasteiger partial charge in [0.2, 0.25) is 0 Å². The molecule has 2 aromatic carbocycles. The SMILES string of the molecule is O=S(=O)(Nc1cccc(I)c1)c1ccc2c(c1)CNC2. The number of hydrogen-bond acceptors (Lipinski definition) is 3. The van der Waals surface area contributed by atoms with Crippen LogP contribution in [0.3, 0.4) is 0 Å². The number of rotatable bonds is 3. The van der Waals surface area contributed by atoms with Crippen LogP contribution in [0, 0.1) is 3.57 Å². The molecule has 1 aliphatic heterocycles. The van der Waals surface area contributed by atoms with Crippen molar-refractivity contribution in [3.63, 3.8) is 0 Å². The molecule has 6 heteroatoms. The highest BCUT2D eigenvalue weighted by Gasteiger charge is 2.18. The zero-order chi connectivity index (χ0) is 14.2. The third-order valence-corrected chi connectivity index (χ3v) is 5.25. The Bertz CT molecular complexity index is 760. The van der Waals surface area contributed by atoms with E-state index in [0.717, 1.165) is 22.2 Å². The lowest BCUT2D eigenvalue weighted by Gasteiger charge is -2.09. The Morgan fingerprint density at radius 2 is 1.85 bits per heavy atom. The van der Waals surface area contributed by atoms with Gasteiger partial charge in [-0.15, -0.1) is 0 Å². The maximum Gasteiger partial charge on any atom is 0.261 e. The molecule has 104 valence electrons. The van der Waals surface area contributed by atoms with Gasteiger partial charge in [-0.2, -0.15) is 0 Å². The van der Waals surface area contributed by atoms with Crippen molar-refractivity contribution in [2.75, 3.05) is 4.72 Å². The third-order valence-electron chi connectivity index (χ3n) is 3.20. The Morgan fingerprint density at radius 1 is 1.05 bits per heavy atom. The summed E-state index contributed by atoms with van der Waals surface area (Å²) in [5, 5.41) is 3.21. The minimum Gasteiger partial charge on any atom is -0.309 e. The highest BCUT2D eigenvalue weighted by molar-refractivity contribution is 14.1. The molecule has 0 saturated carbocycles. The predicted molar refractivity (Wildman–Crippen MR) is 87.0 cm³/mol. The van der Waals surface area contributed by atoms with Crippen molar-refractivity contribution < 1.29 is 8.42 Å². The molecule has 1 heterocycles. The topological polar surface area (TPSA) is 58.2 Å². The van der Waals surface area contributed by atoms with Crippen molar-refractivity contribution in [3.8, 4) is 0 Å². The van der Waals surface area contributed by atoms with Gasteiger partial charge in [0.1, 0.15) is 0 Å². The average molecular weight is 400 g/mol. The number of anilines is 1. The molecule has 2 aromatic rings. The van der Waals surface area contributed by atoms with Crippen LogP contribution in [-0.2, 0) is 23.1 Å². The molecule has 0 spiro atoms. The zero-order valence-electron chi connectivity index (χ0n) is 10.6. The van der Waals surface area contributed by atoms with Crippen LogP contribution in [0.15, 0.2) is 47.4 Å².